The van der Waals surface area contributed by atoms with E-state index < -0.39 is 5.79 Å². The first-order valence-corrected chi connectivity index (χ1v) is 9.14. The normalized spacial score (nSPS) is 22.6. The molecule has 0 aromatic heterocycles. The van der Waals surface area contributed by atoms with Gasteiger partial charge in [0.2, 0.25) is 11.8 Å². The SMILES string of the molecule is O=C(CN1N=C(c2ccccc2)CCC1=O)N1CCC2(CC1)OCCO2. The van der Waals surface area contributed by atoms with Gasteiger partial charge in [-0.3, -0.25) is 9.59 Å². The van der Waals surface area contributed by atoms with E-state index in [4.69, 9.17) is 9.47 Å². The Morgan fingerprint density at radius 3 is 2.46 bits per heavy atom. The first-order valence-electron chi connectivity index (χ1n) is 9.14. The van der Waals surface area contributed by atoms with E-state index in [1.807, 2.05) is 30.3 Å². The average Bonchev–Trinajstić information content (AvgIpc) is 3.13. The number of hydrazone groups is 1. The lowest BCUT2D eigenvalue weighted by molar-refractivity contribution is -0.187. The van der Waals surface area contributed by atoms with E-state index in [1.54, 1.807) is 4.90 Å². The second-order valence-corrected chi connectivity index (χ2v) is 6.85. The predicted octanol–water partition coefficient (Wildman–Crippen LogP) is 1.38. The predicted molar refractivity (Wildman–Crippen MR) is 94.4 cm³/mol. The first-order chi connectivity index (χ1) is 12.7. The van der Waals surface area contributed by atoms with Crippen LogP contribution in [0.15, 0.2) is 35.4 Å². The van der Waals surface area contributed by atoms with Crippen LogP contribution in [-0.4, -0.2) is 66.1 Å². The minimum Gasteiger partial charge on any atom is -0.347 e. The first kappa shape index (κ1) is 17.2. The highest BCUT2D eigenvalue weighted by Gasteiger charge is 2.41. The molecule has 2 amide bonds. The largest absolute Gasteiger partial charge is 0.347 e. The summed E-state index contributed by atoms with van der Waals surface area (Å²) >= 11 is 0. The van der Waals surface area contributed by atoms with Gasteiger partial charge in [-0.25, -0.2) is 5.01 Å². The van der Waals surface area contributed by atoms with Gasteiger partial charge in [0.05, 0.1) is 18.9 Å². The van der Waals surface area contributed by atoms with Crippen molar-refractivity contribution in [1.82, 2.24) is 9.91 Å². The maximum Gasteiger partial charge on any atom is 0.244 e. The summed E-state index contributed by atoms with van der Waals surface area (Å²) in [7, 11) is 0. The number of nitrogens with zero attached hydrogens (tertiary/aromatic N) is 3. The molecule has 3 heterocycles. The summed E-state index contributed by atoms with van der Waals surface area (Å²) in [6, 6.07) is 9.78. The molecule has 4 rings (SSSR count). The monoisotopic (exact) mass is 357 g/mol. The number of rotatable bonds is 3. The van der Waals surface area contributed by atoms with Crippen LogP contribution in [0.2, 0.25) is 0 Å². The van der Waals surface area contributed by atoms with Gasteiger partial charge < -0.3 is 14.4 Å². The Labute approximate surface area is 152 Å². The van der Waals surface area contributed by atoms with Crippen molar-refractivity contribution in [2.75, 3.05) is 32.8 Å². The van der Waals surface area contributed by atoms with Crippen molar-refractivity contribution in [3.63, 3.8) is 0 Å². The van der Waals surface area contributed by atoms with Gasteiger partial charge in [0, 0.05) is 38.8 Å². The molecule has 1 spiro atoms. The van der Waals surface area contributed by atoms with Crippen molar-refractivity contribution in [3.05, 3.63) is 35.9 Å². The van der Waals surface area contributed by atoms with Crippen LogP contribution in [0.25, 0.3) is 0 Å². The third-order valence-electron chi connectivity index (χ3n) is 5.19. The quantitative estimate of drug-likeness (QED) is 0.819. The topological polar surface area (TPSA) is 71.4 Å². The molecule has 3 aliphatic heterocycles. The van der Waals surface area contributed by atoms with Crippen LogP contribution in [0, 0.1) is 0 Å². The maximum atomic E-state index is 12.6. The maximum absolute atomic E-state index is 12.6. The molecule has 0 atom stereocenters. The highest BCUT2D eigenvalue weighted by Crippen LogP contribution is 2.31. The molecule has 2 saturated heterocycles. The van der Waals surface area contributed by atoms with Crippen molar-refractivity contribution in [1.29, 1.82) is 0 Å². The van der Waals surface area contributed by atoms with E-state index in [-0.39, 0.29) is 18.4 Å². The number of hydrogen-bond acceptors (Lipinski definition) is 5. The molecular weight excluding hydrogens is 334 g/mol. The smallest absolute Gasteiger partial charge is 0.244 e. The molecule has 2 fully saturated rings. The summed E-state index contributed by atoms with van der Waals surface area (Å²) in [4.78, 5) is 26.6. The van der Waals surface area contributed by atoms with Crippen LogP contribution in [-0.2, 0) is 19.1 Å². The summed E-state index contributed by atoms with van der Waals surface area (Å²) in [6.45, 7) is 2.39. The number of carbonyl (C=O) groups excluding carboxylic acids is 2. The van der Waals surface area contributed by atoms with Crippen molar-refractivity contribution in [3.8, 4) is 0 Å². The standard InChI is InChI=1S/C19H23N3O4/c23-17-7-6-16(15-4-2-1-3-5-15)20-22(17)14-18(24)21-10-8-19(9-11-21)25-12-13-26-19/h1-5H,6-14H2. The number of piperidine rings is 1. The van der Waals surface area contributed by atoms with E-state index >= 15 is 0 Å². The Morgan fingerprint density at radius 2 is 1.77 bits per heavy atom. The Kier molecular flexibility index (Phi) is 4.74. The van der Waals surface area contributed by atoms with Gasteiger partial charge in [-0.2, -0.15) is 5.10 Å². The van der Waals surface area contributed by atoms with Gasteiger partial charge in [0.15, 0.2) is 5.79 Å². The Bertz CT molecular complexity index is 703. The number of carbonyl (C=O) groups is 2. The number of ether oxygens (including phenoxy) is 2. The van der Waals surface area contributed by atoms with E-state index in [2.05, 4.69) is 5.10 Å². The van der Waals surface area contributed by atoms with Crippen LogP contribution in [0.4, 0.5) is 0 Å². The minimum atomic E-state index is -0.504. The summed E-state index contributed by atoms with van der Waals surface area (Å²) < 4.78 is 11.4. The van der Waals surface area contributed by atoms with E-state index in [9.17, 15) is 9.59 Å². The van der Waals surface area contributed by atoms with Crippen molar-refractivity contribution < 1.29 is 19.1 Å². The molecular formula is C19H23N3O4. The third-order valence-corrected chi connectivity index (χ3v) is 5.19. The molecule has 0 unspecified atom stereocenters. The molecule has 138 valence electrons. The Balaban J connectivity index is 1.39. The van der Waals surface area contributed by atoms with Gasteiger partial charge in [0.1, 0.15) is 6.54 Å². The van der Waals surface area contributed by atoms with E-state index in [0.29, 0.717) is 52.0 Å². The lowest BCUT2D eigenvalue weighted by atomic mass is 10.0. The van der Waals surface area contributed by atoms with Gasteiger partial charge in [-0.15, -0.1) is 0 Å². The highest BCUT2D eigenvalue weighted by molar-refractivity contribution is 6.04. The second kappa shape index (κ2) is 7.17. The Morgan fingerprint density at radius 1 is 1.08 bits per heavy atom. The fourth-order valence-corrected chi connectivity index (χ4v) is 3.67. The van der Waals surface area contributed by atoms with Crippen molar-refractivity contribution in [2.45, 2.75) is 31.5 Å². The summed E-state index contributed by atoms with van der Waals surface area (Å²) in [5, 5.41) is 5.76. The molecule has 0 aliphatic carbocycles. The van der Waals surface area contributed by atoms with Crippen LogP contribution in [0.1, 0.15) is 31.2 Å². The third kappa shape index (κ3) is 3.50. The number of likely N-dealkylation sites (tertiary alicyclic amines) is 1. The Hall–Kier alpha value is -2.25. The lowest BCUT2D eigenvalue weighted by Crippen LogP contribution is -2.50. The zero-order valence-electron chi connectivity index (χ0n) is 14.7. The van der Waals surface area contributed by atoms with Crippen LogP contribution < -0.4 is 0 Å². The fraction of sp³-hybridized carbons (Fsp3) is 0.526. The van der Waals surface area contributed by atoms with Crippen molar-refractivity contribution in [2.24, 2.45) is 5.10 Å². The fourth-order valence-electron chi connectivity index (χ4n) is 3.67. The van der Waals surface area contributed by atoms with E-state index in [1.165, 1.54) is 5.01 Å². The van der Waals surface area contributed by atoms with Crippen molar-refractivity contribution >= 4 is 17.5 Å². The van der Waals surface area contributed by atoms with E-state index in [0.717, 1.165) is 11.3 Å². The number of hydrogen-bond donors (Lipinski definition) is 0. The average molecular weight is 357 g/mol. The molecule has 7 heteroatoms. The lowest BCUT2D eigenvalue weighted by Gasteiger charge is -2.38. The number of benzene rings is 1. The summed E-state index contributed by atoms with van der Waals surface area (Å²) in [5.74, 6) is -0.686. The molecule has 0 radical (unpaired) electrons. The highest BCUT2D eigenvalue weighted by atomic mass is 16.7. The van der Waals surface area contributed by atoms with Crippen LogP contribution in [0.3, 0.4) is 0 Å². The summed E-state index contributed by atoms with van der Waals surface area (Å²) in [6.07, 6.45) is 2.33. The van der Waals surface area contributed by atoms with Gasteiger partial charge in [-0.1, -0.05) is 30.3 Å². The van der Waals surface area contributed by atoms with Crippen LogP contribution >= 0.6 is 0 Å². The zero-order valence-corrected chi connectivity index (χ0v) is 14.7. The molecule has 0 bridgehead atoms. The molecule has 0 N–H and O–H groups in total. The molecule has 1 aromatic rings. The second-order valence-electron chi connectivity index (χ2n) is 6.85. The van der Waals surface area contributed by atoms with Crippen LogP contribution in [0.5, 0.6) is 0 Å². The molecule has 1 aromatic carbocycles. The zero-order chi connectivity index (χ0) is 18.0. The van der Waals surface area contributed by atoms with Gasteiger partial charge >= 0.3 is 0 Å². The molecule has 0 saturated carbocycles. The molecule has 3 aliphatic rings. The van der Waals surface area contributed by atoms with Gasteiger partial charge in [-0.05, 0) is 5.56 Å². The molecule has 26 heavy (non-hydrogen) atoms. The number of amides is 2. The summed E-state index contributed by atoms with van der Waals surface area (Å²) in [5.41, 5.74) is 1.84. The molecule has 7 nitrogen and oxygen atoms in total. The van der Waals surface area contributed by atoms with Gasteiger partial charge in [0.25, 0.3) is 0 Å². The minimum absolute atomic E-state index is 0.0100.